The molecule has 2 heterocycles. The molecule has 0 aliphatic carbocycles. The van der Waals surface area contributed by atoms with Crippen molar-refractivity contribution in [2.45, 2.75) is 18.9 Å². The minimum Gasteiger partial charge on any atom is -0.497 e. The number of methoxy groups -OCH3 is 1. The molecule has 1 aliphatic heterocycles. The number of halogens is 3. The highest BCUT2D eigenvalue weighted by Gasteiger charge is 2.46. The number of nitrogens with one attached hydrogen (secondary N) is 2. The number of aromatic nitrogens is 1. The fraction of sp³-hybridized carbons (Fsp3) is 0.231. The molecular formula is C26H23ClF2N4O5. The maximum absolute atomic E-state index is 15.1. The van der Waals surface area contributed by atoms with Gasteiger partial charge < -0.3 is 24.8 Å². The smallest absolute Gasteiger partial charge is 0.274 e. The number of hydrogen-bond acceptors (Lipinski definition) is 5. The highest BCUT2D eigenvalue weighted by Crippen LogP contribution is 2.36. The zero-order chi connectivity index (χ0) is 27.7. The first-order valence-corrected chi connectivity index (χ1v) is 11.8. The van der Waals surface area contributed by atoms with Crippen LogP contribution in [0.1, 0.15) is 28.8 Å². The van der Waals surface area contributed by atoms with Crippen molar-refractivity contribution < 1.29 is 27.9 Å². The third kappa shape index (κ3) is 5.23. The molecule has 1 aliphatic rings. The molecule has 0 bridgehead atoms. The molecule has 1 saturated heterocycles. The number of nitrogens with zero attached hydrogens (tertiary/aromatic N) is 2. The second-order valence-electron chi connectivity index (χ2n) is 8.73. The molecule has 38 heavy (non-hydrogen) atoms. The van der Waals surface area contributed by atoms with E-state index in [9.17, 15) is 19.2 Å². The molecule has 9 nitrogen and oxygen atoms in total. The third-order valence-electron chi connectivity index (χ3n) is 6.14. The number of anilines is 2. The van der Waals surface area contributed by atoms with E-state index in [-0.39, 0.29) is 29.2 Å². The Morgan fingerprint density at radius 1 is 1.08 bits per heavy atom. The summed E-state index contributed by atoms with van der Waals surface area (Å²) in [5.41, 5.74) is -0.774. The van der Waals surface area contributed by atoms with Crippen LogP contribution in [-0.4, -0.2) is 42.0 Å². The topological polar surface area (TPSA) is 110 Å². The second-order valence-corrected chi connectivity index (χ2v) is 9.17. The second kappa shape index (κ2) is 10.6. The molecule has 3 amide bonds. The minimum absolute atomic E-state index is 0.0662. The van der Waals surface area contributed by atoms with Gasteiger partial charge in [0.25, 0.3) is 11.5 Å². The molecular weight excluding hydrogens is 522 g/mol. The van der Waals surface area contributed by atoms with Gasteiger partial charge in [0, 0.05) is 60.9 Å². The van der Waals surface area contributed by atoms with Crippen molar-refractivity contribution in [3.63, 3.8) is 0 Å². The van der Waals surface area contributed by atoms with Crippen molar-refractivity contribution in [3.8, 4) is 5.75 Å². The zero-order valence-electron chi connectivity index (χ0n) is 20.6. The lowest BCUT2D eigenvalue weighted by molar-refractivity contribution is -0.118. The maximum atomic E-state index is 15.1. The van der Waals surface area contributed by atoms with Crippen LogP contribution in [0, 0.1) is 11.6 Å². The number of pyridine rings is 1. The maximum Gasteiger partial charge on any atom is 0.274 e. The summed E-state index contributed by atoms with van der Waals surface area (Å²) in [6.07, 6.45) is 1.37. The number of hydrogen-bond donors (Lipinski definition) is 2. The normalized spacial score (nSPS) is 16.9. The van der Waals surface area contributed by atoms with Gasteiger partial charge in [-0.25, -0.2) is 8.78 Å². The van der Waals surface area contributed by atoms with E-state index in [4.69, 9.17) is 16.3 Å². The van der Waals surface area contributed by atoms with Crippen molar-refractivity contribution in [1.29, 1.82) is 0 Å². The van der Waals surface area contributed by atoms with Crippen molar-refractivity contribution in [1.82, 2.24) is 9.88 Å². The number of rotatable bonds is 6. The molecule has 198 valence electrons. The lowest BCUT2D eigenvalue weighted by Gasteiger charge is -2.20. The molecule has 1 fully saturated rings. The Hall–Kier alpha value is -4.25. The van der Waals surface area contributed by atoms with Crippen LogP contribution in [0.15, 0.2) is 53.5 Å². The van der Waals surface area contributed by atoms with Crippen molar-refractivity contribution in [3.05, 3.63) is 86.8 Å². The average molecular weight is 545 g/mol. The number of carbonyl (C=O) groups is 3. The first-order valence-electron chi connectivity index (χ1n) is 11.4. The summed E-state index contributed by atoms with van der Waals surface area (Å²) in [4.78, 5) is 52.2. The van der Waals surface area contributed by atoms with Gasteiger partial charge in [0.15, 0.2) is 0 Å². The Balaban J connectivity index is 1.80. The summed E-state index contributed by atoms with van der Waals surface area (Å²) in [5, 5.41) is 5.49. The van der Waals surface area contributed by atoms with Crippen molar-refractivity contribution in [2.24, 2.45) is 7.05 Å². The molecule has 0 radical (unpaired) electrons. The average Bonchev–Trinajstić information content (AvgIpc) is 3.16. The fourth-order valence-electron chi connectivity index (χ4n) is 4.39. The summed E-state index contributed by atoms with van der Waals surface area (Å²) < 4.78 is 36.4. The predicted octanol–water partition coefficient (Wildman–Crippen LogP) is 3.21. The van der Waals surface area contributed by atoms with Crippen LogP contribution in [-0.2, 0) is 16.6 Å². The number of aryl methyl sites for hydroxylation is 1. The predicted molar refractivity (Wildman–Crippen MR) is 137 cm³/mol. The lowest BCUT2D eigenvalue weighted by Crippen LogP contribution is -2.44. The monoisotopic (exact) mass is 544 g/mol. The van der Waals surface area contributed by atoms with Crippen LogP contribution in [0.25, 0.3) is 0 Å². The van der Waals surface area contributed by atoms with E-state index in [0.717, 1.165) is 21.6 Å². The SMILES string of the molecule is COc1cc(F)c([C@@H]2CN(c3cc(NC(C)=O)cn(C)c3=O)C(=O)[C@H]2NC(=O)c2ccc(Cl)cc2)c(F)c1. The van der Waals surface area contributed by atoms with Gasteiger partial charge in [-0.3, -0.25) is 19.2 Å². The fourth-order valence-corrected chi connectivity index (χ4v) is 4.51. The van der Waals surface area contributed by atoms with Crippen LogP contribution in [0.2, 0.25) is 5.02 Å². The molecule has 1 aromatic heterocycles. The molecule has 0 saturated carbocycles. The molecule has 0 spiro atoms. The molecule has 3 aromatic rings. The summed E-state index contributed by atoms with van der Waals surface area (Å²) in [7, 11) is 2.68. The van der Waals surface area contributed by atoms with E-state index >= 15 is 8.78 Å². The zero-order valence-corrected chi connectivity index (χ0v) is 21.3. The number of ether oxygens (including phenoxy) is 1. The van der Waals surface area contributed by atoms with Gasteiger partial charge in [-0.2, -0.15) is 0 Å². The molecule has 2 aromatic carbocycles. The Labute approximate surface area is 221 Å². The van der Waals surface area contributed by atoms with Crippen LogP contribution >= 0.6 is 11.6 Å². The van der Waals surface area contributed by atoms with Gasteiger partial charge in [-0.15, -0.1) is 0 Å². The highest BCUT2D eigenvalue weighted by atomic mass is 35.5. The van der Waals surface area contributed by atoms with Gasteiger partial charge in [-0.1, -0.05) is 11.6 Å². The van der Waals surface area contributed by atoms with E-state index in [0.29, 0.717) is 5.02 Å². The number of carbonyl (C=O) groups excluding carboxylic acids is 3. The number of benzene rings is 2. The summed E-state index contributed by atoms with van der Waals surface area (Å²) >= 11 is 5.89. The standard InChI is InChI=1S/C26H23ClF2N4O5/c1-13(34)30-16-8-21(25(36)32(2)11-16)33-12-18(22-19(28)9-17(38-3)10-20(22)29)23(26(33)37)31-24(35)14-4-6-15(27)7-5-14/h4-11,18,23H,12H2,1-3H3,(H,30,34)(H,31,35)/t18-,23-/m0/s1. The Kier molecular flexibility index (Phi) is 7.49. The summed E-state index contributed by atoms with van der Waals surface area (Å²) in [6.45, 7) is 0.947. The molecule has 12 heteroatoms. The molecule has 2 N–H and O–H groups in total. The third-order valence-corrected chi connectivity index (χ3v) is 6.39. The largest absolute Gasteiger partial charge is 0.497 e. The first-order chi connectivity index (χ1) is 18.0. The summed E-state index contributed by atoms with van der Waals surface area (Å²) in [6, 6.07) is 7.65. The minimum atomic E-state index is -1.43. The molecule has 2 atom stereocenters. The van der Waals surface area contributed by atoms with E-state index in [1.807, 2.05) is 0 Å². The quantitative estimate of drug-likeness (QED) is 0.495. The Morgan fingerprint density at radius 2 is 1.71 bits per heavy atom. The van der Waals surface area contributed by atoms with E-state index in [1.165, 1.54) is 57.6 Å². The van der Waals surface area contributed by atoms with E-state index in [1.54, 1.807) is 0 Å². The van der Waals surface area contributed by atoms with Gasteiger partial charge in [0.1, 0.15) is 29.1 Å². The van der Waals surface area contributed by atoms with Gasteiger partial charge in [-0.05, 0) is 30.3 Å². The van der Waals surface area contributed by atoms with Crippen LogP contribution in [0.4, 0.5) is 20.2 Å². The van der Waals surface area contributed by atoms with Crippen LogP contribution < -0.4 is 25.8 Å². The summed E-state index contributed by atoms with van der Waals surface area (Å²) in [5.74, 6) is -5.08. The molecule has 4 rings (SSSR count). The van der Waals surface area contributed by atoms with Gasteiger partial charge in [0.2, 0.25) is 11.8 Å². The molecule has 0 unspecified atom stereocenters. The lowest BCUT2D eigenvalue weighted by atomic mass is 9.92. The Morgan fingerprint density at radius 3 is 2.29 bits per heavy atom. The van der Waals surface area contributed by atoms with Crippen LogP contribution in [0.5, 0.6) is 5.75 Å². The van der Waals surface area contributed by atoms with Gasteiger partial charge in [0.05, 0.1) is 12.8 Å². The van der Waals surface area contributed by atoms with E-state index < -0.39 is 52.4 Å². The first kappa shape index (κ1) is 26.8. The Bertz CT molecular complexity index is 1470. The number of amides is 3. The van der Waals surface area contributed by atoms with E-state index in [2.05, 4.69) is 10.6 Å². The van der Waals surface area contributed by atoms with Crippen molar-refractivity contribution in [2.75, 3.05) is 23.9 Å². The highest BCUT2D eigenvalue weighted by molar-refractivity contribution is 6.30. The van der Waals surface area contributed by atoms with Crippen molar-refractivity contribution >= 4 is 40.7 Å². The van der Waals surface area contributed by atoms with Crippen LogP contribution in [0.3, 0.4) is 0 Å². The van der Waals surface area contributed by atoms with Gasteiger partial charge >= 0.3 is 0 Å².